The van der Waals surface area contributed by atoms with Gasteiger partial charge in [-0.25, -0.2) is 12.8 Å². The average Bonchev–Trinajstić information content (AvgIpc) is 2.42. The number of piperidine rings is 1. The normalized spacial score (nSPS) is 20.0. The highest BCUT2D eigenvalue weighted by atomic mass is 32.2. The van der Waals surface area contributed by atoms with E-state index in [-0.39, 0.29) is 10.4 Å². The monoisotopic (exact) mass is 300 g/mol. The largest absolute Gasteiger partial charge is 0.314 e. The molecule has 0 amide bonds. The smallest absolute Gasteiger partial charge is 0.243 e. The number of benzene rings is 1. The molecule has 0 saturated carbocycles. The van der Waals surface area contributed by atoms with Gasteiger partial charge in [-0.05, 0) is 51.4 Å². The Morgan fingerprint density at radius 2 is 1.90 bits per heavy atom. The zero-order chi connectivity index (χ0) is 15.0. The molecule has 4 nitrogen and oxygen atoms in total. The number of hydrogen-bond donors (Lipinski definition) is 1. The summed E-state index contributed by atoms with van der Waals surface area (Å²) in [5, 5.41) is 3.23. The predicted molar refractivity (Wildman–Crippen MR) is 76.6 cm³/mol. The number of nitrogens with zero attached hydrogens (tertiary/aromatic N) is 1. The van der Waals surface area contributed by atoms with Gasteiger partial charge in [0, 0.05) is 18.6 Å². The molecule has 0 aromatic heterocycles. The standard InChI is InChI=1S/C14H21FN2O2S/c1-11-4-5-12(10-13(11)15)20(18,19)17-8-6-14(2,16-3)7-9-17/h4-5,10,16H,6-9H2,1-3H3. The number of nitrogens with one attached hydrogen (secondary N) is 1. The maximum absolute atomic E-state index is 13.6. The molecular formula is C14H21FN2O2S. The number of sulfonamides is 1. The molecule has 20 heavy (non-hydrogen) atoms. The minimum absolute atomic E-state index is 0.0233. The van der Waals surface area contributed by atoms with Gasteiger partial charge in [0.15, 0.2) is 0 Å². The molecule has 0 atom stereocenters. The molecule has 1 aliphatic heterocycles. The van der Waals surface area contributed by atoms with Crippen LogP contribution in [0, 0.1) is 12.7 Å². The minimum atomic E-state index is -3.59. The van der Waals surface area contributed by atoms with E-state index in [2.05, 4.69) is 12.2 Å². The fourth-order valence-corrected chi connectivity index (χ4v) is 3.81. The summed E-state index contributed by atoms with van der Waals surface area (Å²) in [4.78, 5) is 0.0358. The lowest BCUT2D eigenvalue weighted by atomic mass is 9.91. The van der Waals surface area contributed by atoms with Gasteiger partial charge < -0.3 is 5.32 Å². The van der Waals surface area contributed by atoms with Gasteiger partial charge in [-0.15, -0.1) is 0 Å². The van der Waals surface area contributed by atoms with E-state index in [0.29, 0.717) is 18.7 Å². The average molecular weight is 300 g/mol. The summed E-state index contributed by atoms with van der Waals surface area (Å²) in [6.07, 6.45) is 1.49. The van der Waals surface area contributed by atoms with Gasteiger partial charge >= 0.3 is 0 Å². The Bertz CT molecular complexity index is 593. The van der Waals surface area contributed by atoms with E-state index in [1.165, 1.54) is 16.4 Å². The summed E-state index contributed by atoms with van der Waals surface area (Å²) in [5.74, 6) is -0.483. The first-order chi connectivity index (χ1) is 9.28. The minimum Gasteiger partial charge on any atom is -0.314 e. The van der Waals surface area contributed by atoms with Crippen LogP contribution in [0.25, 0.3) is 0 Å². The molecule has 0 bridgehead atoms. The van der Waals surface area contributed by atoms with Crippen LogP contribution in [-0.4, -0.2) is 38.4 Å². The van der Waals surface area contributed by atoms with E-state index in [4.69, 9.17) is 0 Å². The zero-order valence-corrected chi connectivity index (χ0v) is 12.9. The lowest BCUT2D eigenvalue weighted by Crippen LogP contribution is -2.51. The van der Waals surface area contributed by atoms with Crippen LogP contribution in [0.5, 0.6) is 0 Å². The number of hydrogen-bond acceptors (Lipinski definition) is 3. The van der Waals surface area contributed by atoms with Gasteiger partial charge in [0.1, 0.15) is 5.82 Å². The molecule has 0 unspecified atom stereocenters. The molecule has 2 rings (SSSR count). The van der Waals surface area contributed by atoms with Gasteiger partial charge in [-0.3, -0.25) is 0 Å². The second kappa shape index (κ2) is 5.42. The van der Waals surface area contributed by atoms with Crippen molar-refractivity contribution in [2.24, 2.45) is 0 Å². The van der Waals surface area contributed by atoms with E-state index >= 15 is 0 Å². The van der Waals surface area contributed by atoms with E-state index in [9.17, 15) is 12.8 Å². The molecule has 1 heterocycles. The maximum atomic E-state index is 13.6. The van der Waals surface area contributed by atoms with Gasteiger partial charge in [-0.2, -0.15) is 4.31 Å². The molecule has 1 aromatic rings. The highest BCUT2D eigenvalue weighted by molar-refractivity contribution is 7.89. The lowest BCUT2D eigenvalue weighted by Gasteiger charge is -2.38. The number of halogens is 1. The topological polar surface area (TPSA) is 49.4 Å². The Labute approximate surface area is 120 Å². The Balaban J connectivity index is 2.22. The third kappa shape index (κ3) is 2.87. The molecule has 6 heteroatoms. The van der Waals surface area contributed by atoms with Crippen molar-refractivity contribution in [1.82, 2.24) is 9.62 Å². The predicted octanol–water partition coefficient (Wildman–Crippen LogP) is 1.90. The molecule has 0 spiro atoms. The van der Waals surface area contributed by atoms with E-state index in [1.807, 2.05) is 7.05 Å². The van der Waals surface area contributed by atoms with E-state index in [0.717, 1.165) is 18.9 Å². The van der Waals surface area contributed by atoms with Crippen molar-refractivity contribution >= 4 is 10.0 Å². The third-order valence-electron chi connectivity index (χ3n) is 4.21. The van der Waals surface area contributed by atoms with Gasteiger partial charge in [0.2, 0.25) is 10.0 Å². The van der Waals surface area contributed by atoms with Crippen LogP contribution in [0.3, 0.4) is 0 Å². The van der Waals surface area contributed by atoms with Gasteiger partial charge in [0.05, 0.1) is 4.90 Å². The molecule has 112 valence electrons. The second-order valence-corrected chi connectivity index (χ2v) is 7.56. The number of aryl methyl sites for hydroxylation is 1. The summed E-state index contributed by atoms with van der Waals surface area (Å²) < 4.78 is 40.0. The highest BCUT2D eigenvalue weighted by Crippen LogP contribution is 2.26. The summed E-state index contributed by atoms with van der Waals surface area (Å²) in [6, 6.07) is 4.08. The van der Waals surface area contributed by atoms with E-state index < -0.39 is 15.8 Å². The lowest BCUT2D eigenvalue weighted by molar-refractivity contribution is 0.219. The first-order valence-electron chi connectivity index (χ1n) is 6.74. The molecule has 1 aliphatic rings. The van der Waals surface area contributed by atoms with Gasteiger partial charge in [0.25, 0.3) is 0 Å². The molecular weight excluding hydrogens is 279 g/mol. The van der Waals surface area contributed by atoms with Crippen LogP contribution in [-0.2, 0) is 10.0 Å². The van der Waals surface area contributed by atoms with Crippen LogP contribution in [0.15, 0.2) is 23.1 Å². The van der Waals surface area contributed by atoms with Crippen molar-refractivity contribution in [3.8, 4) is 0 Å². The molecule has 1 saturated heterocycles. The first kappa shape index (κ1) is 15.4. The van der Waals surface area contributed by atoms with Crippen molar-refractivity contribution in [2.75, 3.05) is 20.1 Å². The Morgan fingerprint density at radius 3 is 2.40 bits per heavy atom. The Morgan fingerprint density at radius 1 is 1.30 bits per heavy atom. The van der Waals surface area contributed by atoms with Crippen molar-refractivity contribution in [2.45, 2.75) is 37.1 Å². The van der Waals surface area contributed by atoms with Crippen molar-refractivity contribution in [3.05, 3.63) is 29.6 Å². The molecule has 1 N–H and O–H groups in total. The summed E-state index contributed by atoms with van der Waals surface area (Å²) >= 11 is 0. The zero-order valence-electron chi connectivity index (χ0n) is 12.1. The first-order valence-corrected chi connectivity index (χ1v) is 8.18. The molecule has 1 aromatic carbocycles. The quantitative estimate of drug-likeness (QED) is 0.927. The molecule has 0 radical (unpaired) electrons. The van der Waals surface area contributed by atoms with E-state index in [1.54, 1.807) is 6.92 Å². The fourth-order valence-electron chi connectivity index (χ4n) is 2.35. The van der Waals surface area contributed by atoms with Crippen LogP contribution in [0.4, 0.5) is 4.39 Å². The van der Waals surface area contributed by atoms with Crippen molar-refractivity contribution in [1.29, 1.82) is 0 Å². The van der Waals surface area contributed by atoms with Gasteiger partial charge in [-0.1, -0.05) is 6.07 Å². The summed E-state index contributed by atoms with van der Waals surface area (Å²) in [7, 11) is -1.71. The van der Waals surface area contributed by atoms with Crippen LogP contribution >= 0.6 is 0 Å². The number of rotatable bonds is 3. The van der Waals surface area contributed by atoms with Crippen LogP contribution in [0.1, 0.15) is 25.3 Å². The van der Waals surface area contributed by atoms with Crippen molar-refractivity contribution < 1.29 is 12.8 Å². The fraction of sp³-hybridized carbons (Fsp3) is 0.571. The second-order valence-electron chi connectivity index (χ2n) is 5.63. The Hall–Kier alpha value is -0.980. The SMILES string of the molecule is CNC1(C)CCN(S(=O)(=O)c2ccc(C)c(F)c2)CC1. The molecule has 1 fully saturated rings. The Kier molecular flexibility index (Phi) is 4.18. The third-order valence-corrected chi connectivity index (χ3v) is 6.11. The maximum Gasteiger partial charge on any atom is 0.243 e. The highest BCUT2D eigenvalue weighted by Gasteiger charge is 2.34. The van der Waals surface area contributed by atoms with Crippen molar-refractivity contribution in [3.63, 3.8) is 0 Å². The van der Waals surface area contributed by atoms with Crippen LogP contribution in [0.2, 0.25) is 0 Å². The molecule has 0 aliphatic carbocycles. The van der Waals surface area contributed by atoms with Crippen LogP contribution < -0.4 is 5.32 Å². The summed E-state index contributed by atoms with van der Waals surface area (Å²) in [5.41, 5.74) is 0.426. The summed E-state index contributed by atoms with van der Waals surface area (Å²) in [6.45, 7) is 4.61.